The van der Waals surface area contributed by atoms with E-state index in [9.17, 15) is 18.0 Å². The zero-order valence-electron chi connectivity index (χ0n) is 24.8. The molecule has 0 fully saturated rings. The van der Waals surface area contributed by atoms with E-state index in [0.29, 0.717) is 30.1 Å². The summed E-state index contributed by atoms with van der Waals surface area (Å²) in [5, 5.41) is 3.60. The summed E-state index contributed by atoms with van der Waals surface area (Å²) in [6.07, 6.45) is 4.55. The third-order valence-corrected chi connectivity index (χ3v) is 8.60. The number of carbonyl (C=O) groups excluding carboxylic acids is 2. The van der Waals surface area contributed by atoms with Crippen molar-refractivity contribution in [3.05, 3.63) is 101 Å². The zero-order chi connectivity index (χ0) is 30.5. The van der Waals surface area contributed by atoms with Crippen molar-refractivity contribution in [3.63, 3.8) is 0 Å². The number of amides is 2. The van der Waals surface area contributed by atoms with Gasteiger partial charge in [0.05, 0.1) is 11.9 Å². The molecule has 1 atom stereocenters. The number of benzene rings is 3. The van der Waals surface area contributed by atoms with E-state index in [2.05, 4.69) is 12.2 Å². The van der Waals surface area contributed by atoms with E-state index in [-0.39, 0.29) is 31.3 Å². The molecule has 3 rings (SSSR count). The van der Waals surface area contributed by atoms with Crippen molar-refractivity contribution in [2.24, 2.45) is 0 Å². The molecular formula is C33H42ClN3O4S. The number of sulfonamides is 1. The number of nitrogens with one attached hydrogen (secondary N) is 1. The number of halogens is 1. The van der Waals surface area contributed by atoms with Gasteiger partial charge in [0.2, 0.25) is 21.8 Å². The highest BCUT2D eigenvalue weighted by Gasteiger charge is 2.30. The SMILES string of the molecule is CCCCNC(=O)[C@H](Cc1ccccc1)N(Cc1ccc(Cl)cc1)C(=O)CCCN(c1ccc(CC)cc1)S(C)(=O)=O. The Morgan fingerprint density at radius 1 is 0.857 bits per heavy atom. The van der Waals surface area contributed by atoms with Crippen molar-refractivity contribution >= 4 is 39.1 Å². The highest BCUT2D eigenvalue weighted by Crippen LogP contribution is 2.21. The summed E-state index contributed by atoms with van der Waals surface area (Å²) in [4.78, 5) is 29.1. The molecular weight excluding hydrogens is 570 g/mol. The molecule has 0 spiro atoms. The van der Waals surface area contributed by atoms with Gasteiger partial charge in [0, 0.05) is 37.5 Å². The third kappa shape index (κ3) is 10.2. The van der Waals surface area contributed by atoms with Gasteiger partial charge in [-0.1, -0.05) is 86.5 Å². The molecule has 3 aromatic rings. The number of anilines is 1. The van der Waals surface area contributed by atoms with Crippen LogP contribution in [-0.4, -0.2) is 50.5 Å². The van der Waals surface area contributed by atoms with Crippen molar-refractivity contribution in [1.82, 2.24) is 10.2 Å². The number of carbonyl (C=O) groups is 2. The lowest BCUT2D eigenvalue weighted by atomic mass is 10.0. The van der Waals surface area contributed by atoms with Crippen LogP contribution in [0.3, 0.4) is 0 Å². The van der Waals surface area contributed by atoms with E-state index in [4.69, 9.17) is 11.6 Å². The number of hydrogen-bond acceptors (Lipinski definition) is 4. The molecule has 0 bridgehead atoms. The quantitative estimate of drug-likeness (QED) is 0.201. The van der Waals surface area contributed by atoms with E-state index in [1.807, 2.05) is 61.5 Å². The molecule has 226 valence electrons. The van der Waals surface area contributed by atoms with Gasteiger partial charge in [-0.15, -0.1) is 0 Å². The van der Waals surface area contributed by atoms with Gasteiger partial charge < -0.3 is 10.2 Å². The fraction of sp³-hybridized carbons (Fsp3) is 0.394. The van der Waals surface area contributed by atoms with Crippen LogP contribution in [0.15, 0.2) is 78.9 Å². The lowest BCUT2D eigenvalue weighted by Gasteiger charge is -2.32. The van der Waals surface area contributed by atoms with Gasteiger partial charge in [0.25, 0.3) is 0 Å². The first kappa shape index (κ1) is 33.1. The van der Waals surface area contributed by atoms with Crippen LogP contribution >= 0.6 is 11.6 Å². The van der Waals surface area contributed by atoms with Gasteiger partial charge in [0.15, 0.2) is 0 Å². The standard InChI is InChI=1S/C33H42ClN3O4S/c1-4-6-22-35-33(39)31(24-27-11-8-7-9-12-27)36(25-28-14-18-29(34)19-15-28)32(38)13-10-23-37(42(3,40)41)30-20-16-26(5-2)17-21-30/h7-9,11-12,14-21,31H,4-6,10,13,22-25H2,1-3H3,(H,35,39)/t31-/m0/s1. The van der Waals surface area contributed by atoms with Crippen LogP contribution in [0.2, 0.25) is 5.02 Å². The maximum Gasteiger partial charge on any atom is 0.243 e. The summed E-state index contributed by atoms with van der Waals surface area (Å²) in [5.74, 6) is -0.422. The Kier molecular flexibility index (Phi) is 12.9. The summed E-state index contributed by atoms with van der Waals surface area (Å²) in [6, 6.07) is 23.6. The minimum absolute atomic E-state index is 0.0835. The molecule has 0 aliphatic rings. The van der Waals surface area contributed by atoms with Crippen molar-refractivity contribution < 1.29 is 18.0 Å². The maximum absolute atomic E-state index is 13.9. The van der Waals surface area contributed by atoms with Crippen LogP contribution in [0.25, 0.3) is 0 Å². The lowest BCUT2D eigenvalue weighted by Crippen LogP contribution is -2.50. The molecule has 2 amide bonds. The molecule has 0 aliphatic carbocycles. The number of nitrogens with zero attached hydrogens (tertiary/aromatic N) is 2. The van der Waals surface area contributed by atoms with Gasteiger partial charge in [0.1, 0.15) is 6.04 Å². The number of aryl methyl sites for hydroxylation is 1. The third-order valence-electron chi connectivity index (χ3n) is 7.15. The second-order valence-corrected chi connectivity index (χ2v) is 12.8. The van der Waals surface area contributed by atoms with E-state index in [1.165, 1.54) is 10.6 Å². The lowest BCUT2D eigenvalue weighted by molar-refractivity contribution is -0.141. The molecule has 0 saturated heterocycles. The minimum Gasteiger partial charge on any atom is -0.354 e. The van der Waals surface area contributed by atoms with Crippen LogP contribution < -0.4 is 9.62 Å². The molecule has 0 unspecified atom stereocenters. The monoisotopic (exact) mass is 611 g/mol. The Morgan fingerprint density at radius 2 is 1.50 bits per heavy atom. The molecule has 1 N–H and O–H groups in total. The fourth-order valence-electron chi connectivity index (χ4n) is 4.75. The van der Waals surface area contributed by atoms with Crippen LogP contribution in [0, 0.1) is 0 Å². The Morgan fingerprint density at radius 3 is 2.10 bits per heavy atom. The predicted octanol–water partition coefficient (Wildman–Crippen LogP) is 6.01. The van der Waals surface area contributed by atoms with E-state index >= 15 is 0 Å². The summed E-state index contributed by atoms with van der Waals surface area (Å²) in [7, 11) is -3.56. The smallest absolute Gasteiger partial charge is 0.243 e. The van der Waals surface area contributed by atoms with Crippen LogP contribution in [0.4, 0.5) is 5.69 Å². The first-order chi connectivity index (χ1) is 20.1. The molecule has 0 saturated carbocycles. The maximum atomic E-state index is 13.9. The molecule has 3 aromatic carbocycles. The van der Waals surface area contributed by atoms with Gasteiger partial charge in [-0.3, -0.25) is 13.9 Å². The molecule has 7 nitrogen and oxygen atoms in total. The highest BCUT2D eigenvalue weighted by atomic mass is 35.5. The first-order valence-electron chi connectivity index (χ1n) is 14.5. The normalized spacial score (nSPS) is 12.0. The van der Waals surface area contributed by atoms with Crippen molar-refractivity contribution in [2.75, 3.05) is 23.7 Å². The van der Waals surface area contributed by atoms with E-state index in [0.717, 1.165) is 36.0 Å². The second kappa shape index (κ2) is 16.3. The van der Waals surface area contributed by atoms with Crippen LogP contribution in [-0.2, 0) is 39.0 Å². The summed E-state index contributed by atoms with van der Waals surface area (Å²) in [6.45, 7) is 5.01. The van der Waals surface area contributed by atoms with Gasteiger partial charge >= 0.3 is 0 Å². The molecule has 42 heavy (non-hydrogen) atoms. The van der Waals surface area contributed by atoms with Crippen molar-refractivity contribution in [3.8, 4) is 0 Å². The zero-order valence-corrected chi connectivity index (χ0v) is 26.3. The van der Waals surface area contributed by atoms with E-state index in [1.54, 1.807) is 29.2 Å². The number of rotatable bonds is 16. The van der Waals surface area contributed by atoms with Crippen LogP contribution in [0.5, 0.6) is 0 Å². The topological polar surface area (TPSA) is 86.8 Å². The Hall–Kier alpha value is -3.36. The Labute approximate surface area is 255 Å². The van der Waals surface area contributed by atoms with E-state index < -0.39 is 16.1 Å². The number of unbranched alkanes of at least 4 members (excludes halogenated alkanes) is 1. The van der Waals surface area contributed by atoms with Gasteiger partial charge in [-0.05, 0) is 60.2 Å². The van der Waals surface area contributed by atoms with Crippen LogP contribution in [0.1, 0.15) is 56.2 Å². The van der Waals surface area contributed by atoms with Gasteiger partial charge in [-0.2, -0.15) is 0 Å². The fourth-order valence-corrected chi connectivity index (χ4v) is 5.84. The first-order valence-corrected chi connectivity index (χ1v) is 16.8. The van der Waals surface area contributed by atoms with Crippen molar-refractivity contribution in [1.29, 1.82) is 0 Å². The summed E-state index contributed by atoms with van der Waals surface area (Å²) in [5.41, 5.74) is 3.47. The molecule has 0 aliphatic heterocycles. The average molecular weight is 612 g/mol. The molecule has 9 heteroatoms. The minimum atomic E-state index is -3.56. The molecule has 0 radical (unpaired) electrons. The Balaban J connectivity index is 1.85. The predicted molar refractivity (Wildman–Crippen MR) is 171 cm³/mol. The average Bonchev–Trinajstić information content (AvgIpc) is 2.98. The highest BCUT2D eigenvalue weighted by molar-refractivity contribution is 7.92. The van der Waals surface area contributed by atoms with Gasteiger partial charge in [-0.25, -0.2) is 8.42 Å². The summed E-state index contributed by atoms with van der Waals surface area (Å²) < 4.78 is 26.7. The summed E-state index contributed by atoms with van der Waals surface area (Å²) >= 11 is 6.11. The second-order valence-electron chi connectivity index (χ2n) is 10.5. The Bertz CT molecular complexity index is 1380. The molecule has 0 aromatic heterocycles. The number of hydrogen-bond donors (Lipinski definition) is 1. The van der Waals surface area contributed by atoms with Crippen molar-refractivity contribution in [2.45, 2.75) is 65.0 Å². The largest absolute Gasteiger partial charge is 0.354 e. The molecule has 0 heterocycles.